The number of carbonyl (C=O) groups is 1. The number of carbonyl (C=O) groups excluding carboxylic acids is 1. The zero-order valence-electron chi connectivity index (χ0n) is 15.5. The maximum Gasteiger partial charge on any atom is 0.255 e. The number of amides is 1. The lowest BCUT2D eigenvalue weighted by Gasteiger charge is -2.15. The molecule has 0 saturated carbocycles. The van der Waals surface area contributed by atoms with Crippen molar-refractivity contribution < 1.29 is 14.3 Å². The number of thioether (sulfide) groups is 2. The lowest BCUT2D eigenvalue weighted by atomic mass is 10.0. The smallest absolute Gasteiger partial charge is 0.255 e. The third-order valence-corrected chi connectivity index (χ3v) is 7.33. The molecule has 0 radical (unpaired) electrons. The molecular weight excluding hydrogens is 378 g/mol. The van der Waals surface area contributed by atoms with Crippen LogP contribution in [0.1, 0.15) is 26.1 Å². The molecule has 0 unspecified atom stereocenters. The second-order valence-electron chi connectivity index (χ2n) is 6.02. The van der Waals surface area contributed by atoms with Crippen LogP contribution in [0.5, 0.6) is 11.5 Å². The molecule has 2 aromatic rings. The molecule has 0 aromatic heterocycles. The van der Waals surface area contributed by atoms with Crippen LogP contribution in [0, 0.1) is 0 Å². The van der Waals surface area contributed by atoms with Crippen LogP contribution in [-0.2, 0) is 6.42 Å². The minimum atomic E-state index is -0.176. The van der Waals surface area contributed by atoms with Crippen molar-refractivity contribution in [3.8, 4) is 11.5 Å². The second-order valence-corrected chi connectivity index (χ2v) is 8.74. The van der Waals surface area contributed by atoms with Gasteiger partial charge >= 0.3 is 0 Å². The van der Waals surface area contributed by atoms with E-state index in [9.17, 15) is 4.79 Å². The molecule has 1 amide bonds. The van der Waals surface area contributed by atoms with Crippen molar-refractivity contribution in [3.63, 3.8) is 0 Å². The van der Waals surface area contributed by atoms with Crippen molar-refractivity contribution in [3.05, 3.63) is 65.7 Å². The number of benzene rings is 2. The van der Waals surface area contributed by atoms with Crippen molar-refractivity contribution in [1.82, 2.24) is 0 Å². The summed E-state index contributed by atoms with van der Waals surface area (Å²) >= 11 is 3.89. The fraction of sp³-hybridized carbons (Fsp3) is 0.286. The molecule has 1 saturated heterocycles. The van der Waals surface area contributed by atoms with Crippen molar-refractivity contribution >= 4 is 35.1 Å². The SMILES string of the molecule is C=CCc1cc(C(=O)Nc2cccc(C3SCCS3)c2)cc(OC)c1OC. The van der Waals surface area contributed by atoms with E-state index in [1.807, 2.05) is 41.7 Å². The molecule has 0 bridgehead atoms. The van der Waals surface area contributed by atoms with Gasteiger partial charge < -0.3 is 14.8 Å². The molecule has 1 aliphatic rings. The number of anilines is 1. The van der Waals surface area contributed by atoms with Gasteiger partial charge in [-0.2, -0.15) is 0 Å². The third-order valence-electron chi connectivity index (χ3n) is 4.22. The minimum absolute atomic E-state index is 0.176. The zero-order chi connectivity index (χ0) is 19.2. The molecule has 1 heterocycles. The molecule has 0 atom stereocenters. The molecule has 4 nitrogen and oxygen atoms in total. The molecule has 2 aromatic carbocycles. The van der Waals surface area contributed by atoms with Gasteiger partial charge in [-0.15, -0.1) is 30.1 Å². The molecule has 6 heteroatoms. The Morgan fingerprint density at radius 1 is 1.22 bits per heavy atom. The maximum atomic E-state index is 12.8. The summed E-state index contributed by atoms with van der Waals surface area (Å²) in [6, 6.07) is 11.6. The summed E-state index contributed by atoms with van der Waals surface area (Å²) in [5.74, 6) is 3.33. The Balaban J connectivity index is 1.84. The quantitative estimate of drug-likeness (QED) is 0.649. The van der Waals surface area contributed by atoms with E-state index in [4.69, 9.17) is 9.47 Å². The first-order valence-corrected chi connectivity index (χ1v) is 10.8. The van der Waals surface area contributed by atoms with Gasteiger partial charge in [0.05, 0.1) is 18.8 Å². The van der Waals surface area contributed by atoms with Gasteiger partial charge in [-0.25, -0.2) is 0 Å². The van der Waals surface area contributed by atoms with E-state index in [0.29, 0.717) is 28.1 Å². The van der Waals surface area contributed by atoms with Crippen LogP contribution >= 0.6 is 23.5 Å². The second kappa shape index (κ2) is 9.24. The van der Waals surface area contributed by atoms with Crippen molar-refractivity contribution in [2.75, 3.05) is 31.0 Å². The summed E-state index contributed by atoms with van der Waals surface area (Å²) in [5.41, 5.74) is 3.43. The molecule has 27 heavy (non-hydrogen) atoms. The van der Waals surface area contributed by atoms with E-state index in [-0.39, 0.29) is 5.91 Å². The Labute approximate surface area is 168 Å². The van der Waals surface area contributed by atoms with Crippen LogP contribution in [0.15, 0.2) is 49.1 Å². The van der Waals surface area contributed by atoms with Crippen molar-refractivity contribution in [2.24, 2.45) is 0 Å². The van der Waals surface area contributed by atoms with Crippen LogP contribution in [0.2, 0.25) is 0 Å². The maximum absolute atomic E-state index is 12.8. The molecule has 1 aliphatic heterocycles. The first-order valence-electron chi connectivity index (χ1n) is 8.66. The molecule has 142 valence electrons. The van der Waals surface area contributed by atoms with E-state index in [2.05, 4.69) is 24.0 Å². The Morgan fingerprint density at radius 2 is 2.00 bits per heavy atom. The molecule has 3 rings (SSSR count). The number of nitrogens with one attached hydrogen (secondary N) is 1. The van der Waals surface area contributed by atoms with E-state index < -0.39 is 0 Å². The predicted octanol–water partition coefficient (Wildman–Crippen LogP) is 5.16. The van der Waals surface area contributed by atoms with Crippen LogP contribution in [0.25, 0.3) is 0 Å². The average Bonchev–Trinajstić information content (AvgIpc) is 3.22. The van der Waals surface area contributed by atoms with E-state index in [0.717, 1.165) is 11.3 Å². The van der Waals surface area contributed by atoms with Gasteiger partial charge in [0.1, 0.15) is 0 Å². The van der Waals surface area contributed by atoms with Crippen molar-refractivity contribution in [2.45, 2.75) is 11.0 Å². The van der Waals surface area contributed by atoms with Crippen LogP contribution in [0.3, 0.4) is 0 Å². The standard InChI is InChI=1S/C21H23NO3S2/c1-4-6-14-11-16(13-18(24-2)19(14)25-3)20(23)22-17-8-5-7-15(12-17)21-26-9-10-27-21/h4-5,7-8,11-13,21H,1,6,9-10H2,2-3H3,(H,22,23). The lowest BCUT2D eigenvalue weighted by Crippen LogP contribution is -2.13. The predicted molar refractivity (Wildman–Crippen MR) is 115 cm³/mol. The fourth-order valence-electron chi connectivity index (χ4n) is 3.00. The Kier molecular flexibility index (Phi) is 6.74. The van der Waals surface area contributed by atoms with Crippen LogP contribution < -0.4 is 14.8 Å². The normalized spacial score (nSPS) is 14.0. The van der Waals surface area contributed by atoms with Gasteiger partial charge in [0.25, 0.3) is 5.91 Å². The van der Waals surface area contributed by atoms with Gasteiger partial charge in [0.2, 0.25) is 0 Å². The van der Waals surface area contributed by atoms with Crippen molar-refractivity contribution in [1.29, 1.82) is 0 Å². The summed E-state index contributed by atoms with van der Waals surface area (Å²) in [6.45, 7) is 3.78. The van der Waals surface area contributed by atoms with Crippen LogP contribution in [0.4, 0.5) is 5.69 Å². The lowest BCUT2D eigenvalue weighted by molar-refractivity contribution is 0.102. The Morgan fingerprint density at radius 3 is 2.67 bits per heavy atom. The van der Waals surface area contributed by atoms with E-state index >= 15 is 0 Å². The largest absolute Gasteiger partial charge is 0.493 e. The number of allylic oxidation sites excluding steroid dienone is 1. The third kappa shape index (κ3) is 4.62. The molecular formula is C21H23NO3S2. The number of hydrogen-bond acceptors (Lipinski definition) is 5. The first kappa shape index (κ1) is 19.7. The molecule has 1 fully saturated rings. The van der Waals surface area contributed by atoms with Gasteiger partial charge in [-0.05, 0) is 36.2 Å². The summed E-state index contributed by atoms with van der Waals surface area (Å²) in [5, 5.41) is 3.00. The van der Waals surface area contributed by atoms with Gasteiger partial charge in [0.15, 0.2) is 11.5 Å². The summed E-state index contributed by atoms with van der Waals surface area (Å²) in [4.78, 5) is 12.8. The molecule has 1 N–H and O–H groups in total. The Bertz CT molecular complexity index is 832. The Hall–Kier alpha value is -2.05. The number of rotatable bonds is 7. The average molecular weight is 402 g/mol. The highest BCUT2D eigenvalue weighted by Gasteiger charge is 2.19. The van der Waals surface area contributed by atoms with Gasteiger partial charge in [0, 0.05) is 28.3 Å². The minimum Gasteiger partial charge on any atom is -0.493 e. The number of ether oxygens (including phenoxy) is 2. The summed E-state index contributed by atoms with van der Waals surface area (Å²) < 4.78 is 11.3. The highest BCUT2D eigenvalue weighted by atomic mass is 32.2. The first-order chi connectivity index (χ1) is 13.2. The fourth-order valence-corrected chi connectivity index (χ4v) is 5.84. The summed E-state index contributed by atoms with van der Waals surface area (Å²) in [7, 11) is 3.16. The highest BCUT2D eigenvalue weighted by Crippen LogP contribution is 2.45. The molecule has 0 spiro atoms. The highest BCUT2D eigenvalue weighted by molar-refractivity contribution is 8.19. The van der Waals surface area contributed by atoms with Gasteiger partial charge in [-0.1, -0.05) is 18.2 Å². The number of methoxy groups -OCH3 is 2. The zero-order valence-corrected chi connectivity index (χ0v) is 17.1. The topological polar surface area (TPSA) is 47.6 Å². The monoisotopic (exact) mass is 401 g/mol. The van der Waals surface area contributed by atoms with Crippen LogP contribution in [-0.4, -0.2) is 31.6 Å². The molecule has 0 aliphatic carbocycles. The van der Waals surface area contributed by atoms with E-state index in [1.165, 1.54) is 17.1 Å². The van der Waals surface area contributed by atoms with Gasteiger partial charge in [-0.3, -0.25) is 4.79 Å². The van der Waals surface area contributed by atoms with E-state index in [1.54, 1.807) is 26.4 Å². The number of hydrogen-bond donors (Lipinski definition) is 1. The summed E-state index contributed by atoms with van der Waals surface area (Å²) in [6.07, 6.45) is 2.37.